The number of benzene rings is 1. The first kappa shape index (κ1) is 25.5. The topological polar surface area (TPSA) is 173 Å². The lowest BCUT2D eigenvalue weighted by atomic mass is 9.79. The number of hydrogen-bond acceptors (Lipinski definition) is 6. The monoisotopic (exact) mass is 489 g/mol. The molecular weight excluding hydrogens is 459 g/mol. The molecule has 8 N–H and O–H groups in total. The zero-order valence-corrected chi connectivity index (χ0v) is 18.9. The Morgan fingerprint density at radius 3 is 2.06 bits per heavy atom. The van der Waals surface area contributed by atoms with Gasteiger partial charge in [0.2, 0.25) is 10.0 Å². The Balaban J connectivity index is 1.90. The minimum Gasteiger partial charge on any atom is -0.382 e. The summed E-state index contributed by atoms with van der Waals surface area (Å²) in [6.07, 6.45) is 1.83. The second-order valence-electron chi connectivity index (χ2n) is 8.86. The van der Waals surface area contributed by atoms with E-state index in [1.165, 1.54) is 6.07 Å². The van der Waals surface area contributed by atoms with Gasteiger partial charge in [-0.3, -0.25) is 0 Å². The predicted molar refractivity (Wildman–Crippen MR) is 117 cm³/mol. The van der Waals surface area contributed by atoms with Crippen LogP contribution in [0.3, 0.4) is 0 Å². The van der Waals surface area contributed by atoms with Crippen LogP contribution in [-0.4, -0.2) is 32.4 Å². The molecule has 1 aromatic rings. The maximum atomic E-state index is 13.6. The van der Waals surface area contributed by atoms with Gasteiger partial charge in [-0.25, -0.2) is 13.6 Å². The van der Waals surface area contributed by atoms with Crippen molar-refractivity contribution in [3.63, 3.8) is 0 Å². The first-order valence-corrected chi connectivity index (χ1v) is 12.4. The van der Waals surface area contributed by atoms with Crippen molar-refractivity contribution in [3.8, 4) is 0 Å². The highest BCUT2D eigenvalue weighted by Crippen LogP contribution is 2.41. The van der Waals surface area contributed by atoms with E-state index in [2.05, 4.69) is 15.6 Å². The highest BCUT2D eigenvalue weighted by atomic mass is 32.2. The first-order valence-electron chi connectivity index (χ1n) is 10.9. The molecule has 0 aliphatic heterocycles. The summed E-state index contributed by atoms with van der Waals surface area (Å²) in [5.74, 6) is -0.825. The van der Waals surface area contributed by atoms with Crippen LogP contribution in [0.25, 0.3) is 0 Å². The Morgan fingerprint density at radius 1 is 1.03 bits per heavy atom. The molecule has 0 heterocycles. The third-order valence-electron chi connectivity index (χ3n) is 6.60. The molecule has 0 aromatic heterocycles. The van der Waals surface area contributed by atoms with Gasteiger partial charge in [0.25, 0.3) is 0 Å². The molecule has 33 heavy (non-hydrogen) atoms. The number of nitrogens with zero attached hydrogens (tertiary/aromatic N) is 2. The van der Waals surface area contributed by atoms with E-state index in [1.54, 1.807) is 0 Å². The highest BCUT2D eigenvalue weighted by Gasteiger charge is 2.40. The number of amidine groups is 1. The summed E-state index contributed by atoms with van der Waals surface area (Å²) in [5, 5.41) is 14.9. The van der Waals surface area contributed by atoms with Crippen LogP contribution in [0, 0.1) is 5.53 Å². The summed E-state index contributed by atoms with van der Waals surface area (Å²) in [7, 11) is -4.81. The average molecular weight is 490 g/mol. The number of nitrogens with two attached hydrogens (primary N) is 3. The van der Waals surface area contributed by atoms with Crippen molar-refractivity contribution in [2.24, 2.45) is 26.9 Å². The van der Waals surface area contributed by atoms with Crippen molar-refractivity contribution in [2.75, 3.05) is 0 Å². The van der Waals surface area contributed by atoms with Crippen LogP contribution >= 0.6 is 0 Å². The summed E-state index contributed by atoms with van der Waals surface area (Å²) in [4.78, 5) is -1.13. The van der Waals surface area contributed by atoms with Crippen LogP contribution in [0.4, 0.5) is 13.2 Å². The van der Waals surface area contributed by atoms with Crippen LogP contribution in [-0.2, 0) is 16.2 Å². The fraction of sp³-hybridized carbons (Fsp3) is 0.650. The SMILES string of the molecule is N=N/N=C(\N)c1c(C2CCC(NC3CCC(N)CC3)CC2)ccc(C(F)(F)F)c1S(N)(=O)=O. The molecule has 2 aliphatic rings. The van der Waals surface area contributed by atoms with Crippen LogP contribution in [0.2, 0.25) is 0 Å². The summed E-state index contributed by atoms with van der Waals surface area (Å²) in [6, 6.07) is 2.89. The number of sulfonamides is 1. The largest absolute Gasteiger partial charge is 0.417 e. The molecule has 0 amide bonds. The smallest absolute Gasteiger partial charge is 0.382 e. The molecule has 184 valence electrons. The van der Waals surface area contributed by atoms with E-state index in [0.29, 0.717) is 24.4 Å². The van der Waals surface area contributed by atoms with Gasteiger partial charge in [0.1, 0.15) is 4.90 Å². The molecule has 9 nitrogen and oxygen atoms in total. The van der Waals surface area contributed by atoms with Crippen molar-refractivity contribution < 1.29 is 21.6 Å². The zero-order valence-electron chi connectivity index (χ0n) is 18.1. The van der Waals surface area contributed by atoms with Gasteiger partial charge in [0.05, 0.1) is 5.56 Å². The van der Waals surface area contributed by atoms with Gasteiger partial charge in [0, 0.05) is 23.7 Å². The van der Waals surface area contributed by atoms with E-state index in [-0.39, 0.29) is 18.0 Å². The van der Waals surface area contributed by atoms with Crippen LogP contribution in [0.1, 0.15) is 74.0 Å². The molecule has 0 radical (unpaired) electrons. The molecule has 0 bridgehead atoms. The Kier molecular flexibility index (Phi) is 7.76. The number of rotatable bonds is 6. The van der Waals surface area contributed by atoms with E-state index >= 15 is 0 Å². The summed E-state index contributed by atoms with van der Waals surface area (Å²) in [6.45, 7) is 0. The Labute approximate surface area is 190 Å². The Bertz CT molecular complexity index is 998. The molecule has 0 atom stereocenters. The van der Waals surface area contributed by atoms with Crippen molar-refractivity contribution in [1.29, 1.82) is 5.53 Å². The third kappa shape index (κ3) is 6.08. The molecule has 13 heteroatoms. The molecule has 0 spiro atoms. The minimum absolute atomic E-state index is 0.236. The van der Waals surface area contributed by atoms with Gasteiger partial charge in [-0.15, -0.1) is 5.10 Å². The average Bonchev–Trinajstić information content (AvgIpc) is 2.74. The quantitative estimate of drug-likeness (QED) is 0.178. The second kappa shape index (κ2) is 10.0. The maximum absolute atomic E-state index is 13.6. The van der Waals surface area contributed by atoms with Gasteiger partial charge in [-0.2, -0.15) is 18.7 Å². The Hall–Kier alpha value is -2.09. The van der Waals surface area contributed by atoms with Crippen molar-refractivity contribution in [2.45, 2.75) is 86.5 Å². The number of nitrogens with one attached hydrogen (secondary N) is 2. The van der Waals surface area contributed by atoms with Gasteiger partial charge in [-0.05, 0) is 68.9 Å². The number of primary sulfonamides is 1. The predicted octanol–water partition coefficient (Wildman–Crippen LogP) is 2.89. The summed E-state index contributed by atoms with van der Waals surface area (Å²) >= 11 is 0. The van der Waals surface area contributed by atoms with Gasteiger partial charge < -0.3 is 16.8 Å². The van der Waals surface area contributed by atoms with Crippen molar-refractivity contribution >= 4 is 15.9 Å². The molecule has 3 rings (SSSR count). The molecule has 1 aromatic carbocycles. The zero-order chi connectivity index (χ0) is 24.4. The van der Waals surface area contributed by atoms with E-state index in [0.717, 1.165) is 44.6 Å². The van der Waals surface area contributed by atoms with Crippen LogP contribution in [0.5, 0.6) is 0 Å². The minimum atomic E-state index is -4.97. The second-order valence-corrected chi connectivity index (χ2v) is 10.4. The molecular formula is C20H30F3N7O2S. The number of alkyl halides is 3. The number of halogens is 3. The fourth-order valence-corrected chi connectivity index (χ4v) is 6.01. The summed E-state index contributed by atoms with van der Waals surface area (Å²) < 4.78 is 65.3. The lowest BCUT2D eigenvalue weighted by molar-refractivity contribution is -0.139. The van der Waals surface area contributed by atoms with Crippen LogP contribution < -0.4 is 21.9 Å². The van der Waals surface area contributed by atoms with Gasteiger partial charge in [0.15, 0.2) is 5.84 Å². The van der Waals surface area contributed by atoms with Crippen molar-refractivity contribution in [1.82, 2.24) is 5.32 Å². The summed E-state index contributed by atoms with van der Waals surface area (Å²) in [5.41, 5.74) is 17.2. The van der Waals surface area contributed by atoms with Gasteiger partial charge in [-0.1, -0.05) is 11.3 Å². The van der Waals surface area contributed by atoms with Gasteiger partial charge >= 0.3 is 6.18 Å². The lowest BCUT2D eigenvalue weighted by Gasteiger charge is -2.35. The lowest BCUT2D eigenvalue weighted by Crippen LogP contribution is -2.44. The van der Waals surface area contributed by atoms with E-state index in [9.17, 15) is 21.6 Å². The first-order chi connectivity index (χ1) is 15.4. The van der Waals surface area contributed by atoms with E-state index in [1.807, 2.05) is 0 Å². The maximum Gasteiger partial charge on any atom is 0.417 e. The molecule has 2 aliphatic carbocycles. The number of hydrogen-bond donors (Lipinski definition) is 5. The molecule has 0 unspecified atom stereocenters. The highest BCUT2D eigenvalue weighted by molar-refractivity contribution is 7.89. The van der Waals surface area contributed by atoms with E-state index < -0.39 is 38.1 Å². The van der Waals surface area contributed by atoms with Crippen molar-refractivity contribution in [3.05, 3.63) is 28.8 Å². The molecule has 0 saturated heterocycles. The fourth-order valence-electron chi connectivity index (χ4n) is 5.02. The van der Waals surface area contributed by atoms with E-state index in [4.69, 9.17) is 22.1 Å². The standard InChI is InChI=1S/C20H30F3N7O2S/c21-20(22,23)16-10-9-15(17(19(25)29-30-26)18(16)33(27,31)32)11-1-5-13(6-2-11)28-14-7-3-12(24)4-8-14/h9-14,28H,1-8,24H2,(H3,25,26,29)(H2,27,31,32). The molecule has 2 saturated carbocycles. The van der Waals surface area contributed by atoms with Crippen LogP contribution in [0.15, 0.2) is 27.4 Å². The third-order valence-corrected chi connectivity index (χ3v) is 7.60. The molecule has 2 fully saturated rings. The Morgan fingerprint density at radius 2 is 1.58 bits per heavy atom. The normalized spacial score (nSPS) is 27.4.